The van der Waals surface area contributed by atoms with Crippen LogP contribution in [0.5, 0.6) is 0 Å². The van der Waals surface area contributed by atoms with Gasteiger partial charge in [0.25, 0.3) is 0 Å². The maximum atomic E-state index is 10.8. The third kappa shape index (κ3) is 2.01. The van der Waals surface area contributed by atoms with Crippen molar-refractivity contribution in [1.29, 1.82) is 0 Å². The molecule has 1 heterocycles. The van der Waals surface area contributed by atoms with Gasteiger partial charge >= 0.3 is 5.97 Å². The Morgan fingerprint density at radius 3 is 2.56 bits per heavy atom. The van der Waals surface area contributed by atoms with Gasteiger partial charge in [-0.2, -0.15) is 10.2 Å². The van der Waals surface area contributed by atoms with E-state index in [9.17, 15) is 4.79 Å². The van der Waals surface area contributed by atoms with Crippen LogP contribution in [0, 0.1) is 0 Å². The molecule has 2 rings (SSSR count). The second-order valence-electron chi connectivity index (χ2n) is 3.13. The number of hydrogen-bond donors (Lipinski definition) is 1. The number of rotatable bonds is 2. The Morgan fingerprint density at radius 1 is 1.19 bits per heavy atom. The number of carboxylic acid groups (broad SMARTS) is 1. The van der Waals surface area contributed by atoms with E-state index in [4.69, 9.17) is 16.7 Å². The first-order chi connectivity index (χ1) is 7.68. The summed E-state index contributed by atoms with van der Waals surface area (Å²) >= 11 is 5.86. The van der Waals surface area contributed by atoms with Crippen LogP contribution in [0.4, 0.5) is 0 Å². The fraction of sp³-hybridized carbons (Fsp3) is 0. The summed E-state index contributed by atoms with van der Waals surface area (Å²) in [5.74, 6) is -1.04. The molecule has 0 amide bonds. The monoisotopic (exact) mass is 234 g/mol. The Labute approximate surface area is 96.5 Å². The van der Waals surface area contributed by atoms with E-state index in [1.54, 1.807) is 30.6 Å². The summed E-state index contributed by atoms with van der Waals surface area (Å²) in [7, 11) is 0. The van der Waals surface area contributed by atoms with Crippen molar-refractivity contribution >= 4 is 17.6 Å². The second-order valence-corrected chi connectivity index (χ2v) is 3.54. The van der Waals surface area contributed by atoms with Crippen molar-refractivity contribution in [2.75, 3.05) is 0 Å². The SMILES string of the molecule is O=C(O)c1ccc(-c2ccnnc2)cc1Cl. The van der Waals surface area contributed by atoms with Crippen LogP contribution in [0.15, 0.2) is 36.7 Å². The van der Waals surface area contributed by atoms with Gasteiger partial charge in [-0.3, -0.25) is 0 Å². The zero-order valence-corrected chi connectivity index (χ0v) is 8.85. The maximum absolute atomic E-state index is 10.8. The molecule has 1 aromatic heterocycles. The van der Waals surface area contributed by atoms with Gasteiger partial charge in [0.1, 0.15) is 0 Å². The van der Waals surface area contributed by atoms with Crippen molar-refractivity contribution in [3.63, 3.8) is 0 Å². The van der Waals surface area contributed by atoms with Crippen molar-refractivity contribution in [2.45, 2.75) is 0 Å². The summed E-state index contributed by atoms with van der Waals surface area (Å²) in [5, 5.41) is 16.4. The van der Waals surface area contributed by atoms with Crippen LogP contribution < -0.4 is 0 Å². The van der Waals surface area contributed by atoms with Gasteiger partial charge < -0.3 is 5.11 Å². The Balaban J connectivity index is 2.46. The average Bonchev–Trinajstić information content (AvgIpc) is 2.29. The van der Waals surface area contributed by atoms with E-state index in [0.29, 0.717) is 0 Å². The van der Waals surface area contributed by atoms with Crippen LogP contribution >= 0.6 is 11.6 Å². The normalized spacial score (nSPS) is 10.1. The first kappa shape index (κ1) is 10.6. The smallest absolute Gasteiger partial charge is 0.337 e. The fourth-order valence-electron chi connectivity index (χ4n) is 1.33. The molecular formula is C11H7ClN2O2. The van der Waals surface area contributed by atoms with Crippen LogP contribution in [-0.2, 0) is 0 Å². The molecule has 1 N–H and O–H groups in total. The van der Waals surface area contributed by atoms with Crippen LogP contribution in [0.3, 0.4) is 0 Å². The largest absolute Gasteiger partial charge is 0.478 e. The summed E-state index contributed by atoms with van der Waals surface area (Å²) in [5.41, 5.74) is 1.74. The van der Waals surface area contributed by atoms with Crippen molar-refractivity contribution in [1.82, 2.24) is 10.2 Å². The fourth-order valence-corrected chi connectivity index (χ4v) is 1.59. The molecule has 0 atom stereocenters. The van der Waals surface area contributed by atoms with Crippen LogP contribution in [-0.4, -0.2) is 21.3 Å². The average molecular weight is 235 g/mol. The van der Waals surface area contributed by atoms with E-state index in [1.165, 1.54) is 6.07 Å². The van der Waals surface area contributed by atoms with Crippen LogP contribution in [0.2, 0.25) is 5.02 Å². The standard InChI is InChI=1S/C11H7ClN2O2/c12-10-5-7(1-2-9(10)11(15)16)8-3-4-13-14-6-8/h1-6H,(H,15,16). The molecule has 80 valence electrons. The number of halogens is 1. The summed E-state index contributed by atoms with van der Waals surface area (Å²) in [6.07, 6.45) is 3.15. The molecule has 0 fully saturated rings. The van der Waals surface area contributed by atoms with Crippen molar-refractivity contribution in [3.8, 4) is 11.1 Å². The molecule has 2 aromatic rings. The molecule has 0 aliphatic carbocycles. The minimum atomic E-state index is -1.04. The number of aromatic nitrogens is 2. The highest BCUT2D eigenvalue weighted by atomic mass is 35.5. The van der Waals surface area contributed by atoms with Gasteiger partial charge in [-0.05, 0) is 23.8 Å². The second kappa shape index (κ2) is 4.28. The number of benzene rings is 1. The van der Waals surface area contributed by atoms with E-state index < -0.39 is 5.97 Å². The topological polar surface area (TPSA) is 63.1 Å². The minimum Gasteiger partial charge on any atom is -0.478 e. The van der Waals surface area contributed by atoms with Crippen LogP contribution in [0.25, 0.3) is 11.1 Å². The molecule has 0 spiro atoms. The van der Waals surface area contributed by atoms with E-state index in [-0.39, 0.29) is 10.6 Å². The molecule has 0 saturated heterocycles. The molecule has 16 heavy (non-hydrogen) atoms. The van der Waals surface area contributed by atoms with E-state index in [1.807, 2.05) is 0 Å². The summed E-state index contributed by atoms with van der Waals surface area (Å²) in [6, 6.07) is 6.54. The van der Waals surface area contributed by atoms with Gasteiger partial charge in [0.05, 0.1) is 23.0 Å². The van der Waals surface area contributed by atoms with Gasteiger partial charge in [0.2, 0.25) is 0 Å². The van der Waals surface area contributed by atoms with Gasteiger partial charge in [-0.15, -0.1) is 0 Å². The number of carboxylic acids is 1. The quantitative estimate of drug-likeness (QED) is 0.867. The Bertz CT molecular complexity index is 529. The molecule has 1 aromatic carbocycles. The lowest BCUT2D eigenvalue weighted by Gasteiger charge is -2.03. The zero-order valence-electron chi connectivity index (χ0n) is 8.09. The predicted molar refractivity (Wildman–Crippen MR) is 59.4 cm³/mol. The summed E-state index contributed by atoms with van der Waals surface area (Å²) < 4.78 is 0. The number of carbonyl (C=O) groups is 1. The van der Waals surface area contributed by atoms with Gasteiger partial charge in [-0.1, -0.05) is 17.7 Å². The first-order valence-corrected chi connectivity index (χ1v) is 4.86. The third-order valence-corrected chi connectivity index (χ3v) is 2.43. The summed E-state index contributed by atoms with van der Waals surface area (Å²) in [6.45, 7) is 0. The highest BCUT2D eigenvalue weighted by molar-refractivity contribution is 6.33. The maximum Gasteiger partial charge on any atom is 0.337 e. The minimum absolute atomic E-state index is 0.0902. The molecule has 5 heteroatoms. The van der Waals surface area contributed by atoms with Crippen molar-refractivity contribution in [3.05, 3.63) is 47.2 Å². The lowest BCUT2D eigenvalue weighted by molar-refractivity contribution is 0.0697. The summed E-state index contributed by atoms with van der Waals surface area (Å²) in [4.78, 5) is 10.8. The van der Waals surface area contributed by atoms with Gasteiger partial charge in [-0.25, -0.2) is 4.79 Å². The van der Waals surface area contributed by atoms with Crippen molar-refractivity contribution in [2.24, 2.45) is 0 Å². The molecule has 0 aliphatic heterocycles. The molecule has 4 nitrogen and oxygen atoms in total. The highest BCUT2D eigenvalue weighted by Crippen LogP contribution is 2.24. The van der Waals surface area contributed by atoms with E-state index >= 15 is 0 Å². The number of aromatic carboxylic acids is 1. The van der Waals surface area contributed by atoms with Crippen LogP contribution in [0.1, 0.15) is 10.4 Å². The molecule has 0 radical (unpaired) electrons. The molecular weight excluding hydrogens is 228 g/mol. The Morgan fingerprint density at radius 2 is 2.00 bits per heavy atom. The van der Waals surface area contributed by atoms with Gasteiger partial charge in [0, 0.05) is 5.56 Å². The van der Waals surface area contributed by atoms with Crippen molar-refractivity contribution < 1.29 is 9.90 Å². The molecule has 0 unspecified atom stereocenters. The Kier molecular flexibility index (Phi) is 2.83. The lowest BCUT2D eigenvalue weighted by Crippen LogP contribution is -1.97. The zero-order chi connectivity index (χ0) is 11.5. The first-order valence-electron chi connectivity index (χ1n) is 4.48. The number of nitrogens with zero attached hydrogens (tertiary/aromatic N) is 2. The van der Waals surface area contributed by atoms with E-state index in [2.05, 4.69) is 10.2 Å². The van der Waals surface area contributed by atoms with E-state index in [0.717, 1.165) is 11.1 Å². The molecule has 0 bridgehead atoms. The third-order valence-electron chi connectivity index (χ3n) is 2.12. The Hall–Kier alpha value is -1.94. The highest BCUT2D eigenvalue weighted by Gasteiger charge is 2.09. The number of hydrogen-bond acceptors (Lipinski definition) is 3. The van der Waals surface area contributed by atoms with Gasteiger partial charge in [0.15, 0.2) is 0 Å². The molecule has 0 aliphatic rings. The predicted octanol–water partition coefficient (Wildman–Crippen LogP) is 2.50. The molecule has 0 saturated carbocycles. The lowest BCUT2D eigenvalue weighted by atomic mass is 10.1.